The maximum atomic E-state index is 13.2. The number of hydrogen-bond acceptors (Lipinski definition) is 3. The van der Waals surface area contributed by atoms with Gasteiger partial charge in [0.05, 0.1) is 0 Å². The maximum absolute atomic E-state index is 13.2. The van der Waals surface area contributed by atoms with Gasteiger partial charge in [-0.2, -0.15) is 0 Å². The van der Waals surface area contributed by atoms with E-state index < -0.39 is 16.7 Å². The van der Waals surface area contributed by atoms with Gasteiger partial charge in [0.25, 0.3) is 0 Å². The number of Topliss-reactive ketones (excluding diaryl/α,β-unsaturated/α-hetero) is 2. The van der Waals surface area contributed by atoms with Crippen molar-refractivity contribution in [1.29, 1.82) is 0 Å². The van der Waals surface area contributed by atoms with Gasteiger partial charge in [0.2, 0.25) is 5.91 Å². The van der Waals surface area contributed by atoms with Crippen LogP contribution in [0.5, 0.6) is 0 Å². The predicted molar refractivity (Wildman–Crippen MR) is 118 cm³/mol. The molecule has 0 bridgehead atoms. The summed E-state index contributed by atoms with van der Waals surface area (Å²) in [5.74, 6) is 5.27. The van der Waals surface area contributed by atoms with E-state index in [0.29, 0.717) is 25.8 Å². The molecule has 30 heavy (non-hydrogen) atoms. The lowest BCUT2D eigenvalue weighted by Gasteiger charge is -2.41. The highest BCUT2D eigenvalue weighted by Crippen LogP contribution is 2.45. The largest absolute Gasteiger partial charge is 0.319 e. The fourth-order valence-corrected chi connectivity index (χ4v) is 4.75. The van der Waals surface area contributed by atoms with Crippen molar-refractivity contribution in [3.05, 3.63) is 46.7 Å². The van der Waals surface area contributed by atoms with E-state index >= 15 is 0 Å². The second kappa shape index (κ2) is 7.87. The van der Waals surface area contributed by atoms with Crippen molar-refractivity contribution in [1.82, 2.24) is 4.90 Å². The Kier molecular flexibility index (Phi) is 5.78. The Morgan fingerprint density at radius 1 is 1.10 bits per heavy atom. The first-order valence-corrected chi connectivity index (χ1v) is 10.6. The quantitative estimate of drug-likeness (QED) is 0.512. The highest BCUT2D eigenvalue weighted by molar-refractivity contribution is 6.11. The number of carbonyl (C=O) groups excluding carboxylic acids is 3. The van der Waals surface area contributed by atoms with E-state index in [1.807, 2.05) is 52.8 Å². The van der Waals surface area contributed by atoms with Gasteiger partial charge >= 0.3 is 0 Å². The van der Waals surface area contributed by atoms with Crippen LogP contribution in [0.1, 0.15) is 75.1 Å². The van der Waals surface area contributed by atoms with E-state index in [-0.39, 0.29) is 17.5 Å². The van der Waals surface area contributed by atoms with Gasteiger partial charge in [-0.15, -0.1) is 5.92 Å². The van der Waals surface area contributed by atoms with Crippen molar-refractivity contribution >= 4 is 17.5 Å². The minimum Gasteiger partial charge on any atom is -0.319 e. The van der Waals surface area contributed by atoms with Gasteiger partial charge in [-0.1, -0.05) is 32.8 Å². The zero-order valence-electron chi connectivity index (χ0n) is 18.9. The second-order valence-electron chi connectivity index (χ2n) is 9.79. The topological polar surface area (TPSA) is 54.5 Å². The molecule has 1 fully saturated rings. The average Bonchev–Trinajstić information content (AvgIpc) is 2.63. The Labute approximate surface area is 179 Å². The molecule has 0 aromatic heterocycles. The Morgan fingerprint density at radius 3 is 2.10 bits per heavy atom. The molecule has 0 N–H and O–H groups in total. The van der Waals surface area contributed by atoms with Crippen LogP contribution in [0.2, 0.25) is 0 Å². The Morgan fingerprint density at radius 2 is 1.67 bits per heavy atom. The number of ketones is 2. The van der Waals surface area contributed by atoms with Gasteiger partial charge < -0.3 is 4.90 Å². The maximum Gasteiger partial charge on any atom is 0.231 e. The van der Waals surface area contributed by atoms with Crippen LogP contribution < -0.4 is 0 Å². The molecule has 4 nitrogen and oxygen atoms in total. The Hall–Kier alpha value is -2.67. The molecule has 3 rings (SSSR count). The van der Waals surface area contributed by atoms with E-state index in [1.165, 1.54) is 0 Å². The van der Waals surface area contributed by atoms with E-state index in [4.69, 9.17) is 0 Å². The van der Waals surface area contributed by atoms with E-state index in [2.05, 4.69) is 11.8 Å². The molecule has 0 unspecified atom stereocenters. The van der Waals surface area contributed by atoms with Crippen LogP contribution in [0.4, 0.5) is 0 Å². The first kappa shape index (κ1) is 22.0. The molecule has 0 saturated heterocycles. The Balaban J connectivity index is 1.85. The van der Waals surface area contributed by atoms with Crippen molar-refractivity contribution < 1.29 is 14.4 Å². The molecule has 1 amide bonds. The average molecular weight is 406 g/mol. The molecule has 2 aliphatic rings. The van der Waals surface area contributed by atoms with E-state index in [1.54, 1.807) is 18.0 Å². The molecule has 1 aromatic rings. The number of hydrogen-bond donors (Lipinski definition) is 0. The van der Waals surface area contributed by atoms with Gasteiger partial charge in [0.15, 0.2) is 0 Å². The highest BCUT2D eigenvalue weighted by atomic mass is 16.2. The van der Waals surface area contributed by atoms with Gasteiger partial charge in [-0.3, -0.25) is 14.4 Å². The summed E-state index contributed by atoms with van der Waals surface area (Å²) in [5, 5.41) is 0. The number of rotatable bonds is 1. The van der Waals surface area contributed by atoms with Gasteiger partial charge in [0.1, 0.15) is 17.5 Å². The summed E-state index contributed by atoms with van der Waals surface area (Å²) in [5.41, 5.74) is 2.71. The van der Waals surface area contributed by atoms with Crippen molar-refractivity contribution in [2.45, 2.75) is 66.7 Å². The lowest BCUT2D eigenvalue weighted by Crippen LogP contribution is -2.45. The van der Waals surface area contributed by atoms with Crippen LogP contribution in [-0.2, 0) is 14.4 Å². The SMILES string of the molecule is CC#Cc1cc(C)c(C2C(=O)CC3(C=CN(C(=O)C(C)(C)C)CC3)CC2=O)c(C)c1. The summed E-state index contributed by atoms with van der Waals surface area (Å²) in [7, 11) is 0. The molecule has 1 aliphatic carbocycles. The molecule has 1 spiro atoms. The van der Waals surface area contributed by atoms with E-state index in [0.717, 1.165) is 22.3 Å². The number of nitrogens with zero attached hydrogens (tertiary/aromatic N) is 1. The van der Waals surface area contributed by atoms with Crippen molar-refractivity contribution in [3.63, 3.8) is 0 Å². The first-order chi connectivity index (χ1) is 14.0. The number of amides is 1. The number of carbonyl (C=O) groups is 3. The summed E-state index contributed by atoms with van der Waals surface area (Å²) in [6.07, 6.45) is 5.02. The first-order valence-electron chi connectivity index (χ1n) is 10.6. The molecule has 158 valence electrons. The van der Waals surface area contributed by atoms with Crippen molar-refractivity contribution in [2.24, 2.45) is 10.8 Å². The zero-order chi connectivity index (χ0) is 22.3. The smallest absolute Gasteiger partial charge is 0.231 e. The highest BCUT2D eigenvalue weighted by Gasteiger charge is 2.46. The molecule has 1 aromatic carbocycles. The minimum absolute atomic E-state index is 0.0213. The third-order valence-corrected chi connectivity index (χ3v) is 6.21. The van der Waals surface area contributed by atoms with Gasteiger partial charge in [0, 0.05) is 42.0 Å². The van der Waals surface area contributed by atoms with Crippen LogP contribution in [0.15, 0.2) is 24.4 Å². The summed E-state index contributed by atoms with van der Waals surface area (Å²) < 4.78 is 0. The normalized spacial score (nSPS) is 24.1. The number of aryl methyl sites for hydroxylation is 2. The summed E-state index contributed by atoms with van der Waals surface area (Å²) in [6.45, 7) is 11.9. The lowest BCUT2D eigenvalue weighted by molar-refractivity contribution is -0.138. The molecule has 0 radical (unpaired) electrons. The molecule has 4 heteroatoms. The van der Waals surface area contributed by atoms with Crippen LogP contribution in [0, 0.1) is 36.5 Å². The van der Waals surface area contributed by atoms with Crippen molar-refractivity contribution in [2.75, 3.05) is 6.54 Å². The predicted octanol–water partition coefficient (Wildman–Crippen LogP) is 4.47. The third kappa shape index (κ3) is 4.12. The molecule has 0 atom stereocenters. The lowest BCUT2D eigenvalue weighted by atomic mass is 9.64. The number of benzene rings is 1. The Bertz CT molecular complexity index is 956. The fourth-order valence-electron chi connectivity index (χ4n) is 4.75. The molecular weight excluding hydrogens is 374 g/mol. The van der Waals surface area contributed by atoms with Crippen LogP contribution in [-0.4, -0.2) is 28.9 Å². The van der Waals surface area contributed by atoms with Gasteiger partial charge in [-0.05, 0) is 56.0 Å². The summed E-state index contributed by atoms with van der Waals surface area (Å²) in [6, 6.07) is 3.92. The third-order valence-electron chi connectivity index (χ3n) is 6.21. The van der Waals surface area contributed by atoms with Crippen LogP contribution >= 0.6 is 0 Å². The molecule has 1 saturated carbocycles. The molecule has 1 aliphatic heterocycles. The van der Waals surface area contributed by atoms with Crippen molar-refractivity contribution in [3.8, 4) is 11.8 Å². The monoisotopic (exact) mass is 405 g/mol. The second-order valence-corrected chi connectivity index (χ2v) is 9.79. The minimum atomic E-state index is -0.693. The van der Waals surface area contributed by atoms with Gasteiger partial charge in [-0.25, -0.2) is 0 Å². The van der Waals surface area contributed by atoms with Crippen LogP contribution in [0.3, 0.4) is 0 Å². The van der Waals surface area contributed by atoms with Crippen LogP contribution in [0.25, 0.3) is 0 Å². The van der Waals surface area contributed by atoms with E-state index in [9.17, 15) is 14.4 Å². The standard InChI is InChI=1S/C26H31NO3/c1-7-8-19-13-17(2)22(18(3)14-19)23-20(28)15-26(16-21(23)29)9-11-27(12-10-26)24(30)25(4,5)6/h9,11,13-14,23H,10,12,15-16H2,1-6H3. The fraction of sp³-hybridized carbons (Fsp3) is 0.500. The summed E-state index contributed by atoms with van der Waals surface area (Å²) >= 11 is 0. The zero-order valence-corrected chi connectivity index (χ0v) is 18.9. The number of allylic oxidation sites excluding steroid dienone is 1. The molecule has 1 heterocycles. The molecular formula is C26H31NO3. The summed E-state index contributed by atoms with van der Waals surface area (Å²) in [4.78, 5) is 40.7.